The van der Waals surface area contributed by atoms with Crippen molar-refractivity contribution >= 4 is 29.0 Å². The first-order valence-corrected chi connectivity index (χ1v) is 8.83. The highest BCUT2D eigenvalue weighted by Crippen LogP contribution is 2.32. The molecule has 0 unspecified atom stereocenters. The second-order valence-corrected chi connectivity index (χ2v) is 6.89. The lowest BCUT2D eigenvalue weighted by molar-refractivity contribution is 0.414. The molecule has 0 amide bonds. The van der Waals surface area contributed by atoms with E-state index in [-0.39, 0.29) is 0 Å². The summed E-state index contributed by atoms with van der Waals surface area (Å²) in [5, 5.41) is 9.45. The van der Waals surface area contributed by atoms with Crippen LogP contribution in [0, 0.1) is 0 Å². The van der Waals surface area contributed by atoms with E-state index in [4.69, 9.17) is 33.0 Å². The molecule has 3 aromatic rings. The van der Waals surface area contributed by atoms with E-state index in [1.54, 1.807) is 13.2 Å². The largest absolute Gasteiger partial charge is 0.497 e. The summed E-state index contributed by atoms with van der Waals surface area (Å²) in [6.07, 6.45) is 1.71. The van der Waals surface area contributed by atoms with Crippen molar-refractivity contribution in [1.82, 2.24) is 9.78 Å². The molecule has 2 aromatic carbocycles. The molecule has 0 saturated carbocycles. The summed E-state index contributed by atoms with van der Waals surface area (Å²) in [5.74, 6) is 1.88. The average Bonchev–Trinajstić information content (AvgIpc) is 3.18. The molecule has 1 aliphatic rings. The van der Waals surface area contributed by atoms with E-state index in [0.29, 0.717) is 10.0 Å². The molecule has 2 heterocycles. The van der Waals surface area contributed by atoms with Crippen LogP contribution in [-0.4, -0.2) is 23.4 Å². The van der Waals surface area contributed by atoms with Gasteiger partial charge < -0.3 is 10.1 Å². The predicted octanol–water partition coefficient (Wildman–Crippen LogP) is 4.75. The van der Waals surface area contributed by atoms with Crippen molar-refractivity contribution in [2.24, 2.45) is 0 Å². The Hall–Kier alpha value is -2.17. The minimum absolute atomic E-state index is 0.596. The molecule has 0 saturated heterocycles. The standard InChI is InChI=1S/C19H17Cl2N3O/c1-25-16-4-2-3-12(7-16)8-18-17-5-6-22-19(17)24(23-18)15-10-13(20)9-14(21)11-15/h2-4,7,9-11,22H,5-6,8H2,1H3. The number of anilines is 1. The molecule has 0 atom stereocenters. The summed E-state index contributed by atoms with van der Waals surface area (Å²) in [5.41, 5.74) is 4.34. The number of ether oxygens (including phenoxy) is 1. The third kappa shape index (κ3) is 3.20. The average molecular weight is 374 g/mol. The van der Waals surface area contributed by atoms with Gasteiger partial charge in [-0.3, -0.25) is 0 Å². The van der Waals surface area contributed by atoms with Crippen molar-refractivity contribution in [1.29, 1.82) is 0 Å². The van der Waals surface area contributed by atoms with Crippen molar-refractivity contribution in [3.63, 3.8) is 0 Å². The van der Waals surface area contributed by atoms with Gasteiger partial charge in [0.1, 0.15) is 11.6 Å². The highest BCUT2D eigenvalue weighted by Gasteiger charge is 2.23. The van der Waals surface area contributed by atoms with Gasteiger partial charge in [0.15, 0.2) is 0 Å². The van der Waals surface area contributed by atoms with Crippen molar-refractivity contribution in [2.75, 3.05) is 19.0 Å². The lowest BCUT2D eigenvalue weighted by Crippen LogP contribution is -2.05. The number of hydrogen-bond acceptors (Lipinski definition) is 3. The molecule has 6 heteroatoms. The minimum atomic E-state index is 0.596. The Labute approximate surface area is 156 Å². The zero-order valence-corrected chi connectivity index (χ0v) is 15.2. The summed E-state index contributed by atoms with van der Waals surface area (Å²) in [6, 6.07) is 13.5. The molecule has 1 aliphatic heterocycles. The zero-order chi connectivity index (χ0) is 17.4. The molecule has 0 fully saturated rings. The number of fused-ring (bicyclic) bond motifs is 1. The number of methoxy groups -OCH3 is 1. The molecular formula is C19H17Cl2N3O. The SMILES string of the molecule is COc1cccc(Cc2nn(-c3cc(Cl)cc(Cl)c3)c3c2CCN3)c1. The maximum absolute atomic E-state index is 6.16. The van der Waals surface area contributed by atoms with Crippen molar-refractivity contribution in [2.45, 2.75) is 12.8 Å². The van der Waals surface area contributed by atoms with Gasteiger partial charge in [0.25, 0.3) is 0 Å². The van der Waals surface area contributed by atoms with Gasteiger partial charge in [0.05, 0.1) is 18.5 Å². The van der Waals surface area contributed by atoms with Crippen LogP contribution in [0.15, 0.2) is 42.5 Å². The van der Waals surface area contributed by atoms with Crippen LogP contribution in [0.5, 0.6) is 5.75 Å². The number of benzene rings is 2. The van der Waals surface area contributed by atoms with E-state index < -0.39 is 0 Å². The Morgan fingerprint density at radius 3 is 2.72 bits per heavy atom. The van der Waals surface area contributed by atoms with Gasteiger partial charge in [-0.05, 0) is 42.3 Å². The summed E-state index contributed by atoms with van der Waals surface area (Å²) in [6.45, 7) is 0.909. The van der Waals surface area contributed by atoms with Gasteiger partial charge in [-0.1, -0.05) is 35.3 Å². The molecule has 4 rings (SSSR count). The van der Waals surface area contributed by atoms with Crippen LogP contribution >= 0.6 is 23.2 Å². The van der Waals surface area contributed by atoms with Gasteiger partial charge >= 0.3 is 0 Å². The summed E-state index contributed by atoms with van der Waals surface area (Å²) < 4.78 is 7.22. The molecule has 1 aromatic heterocycles. The number of nitrogens with zero attached hydrogens (tertiary/aromatic N) is 2. The predicted molar refractivity (Wildman–Crippen MR) is 102 cm³/mol. The zero-order valence-electron chi connectivity index (χ0n) is 13.7. The number of aromatic nitrogens is 2. The lowest BCUT2D eigenvalue weighted by Gasteiger charge is -2.07. The highest BCUT2D eigenvalue weighted by atomic mass is 35.5. The van der Waals surface area contributed by atoms with E-state index in [2.05, 4.69) is 11.4 Å². The normalized spacial score (nSPS) is 12.8. The first-order valence-electron chi connectivity index (χ1n) is 8.08. The van der Waals surface area contributed by atoms with Crippen LogP contribution in [0.25, 0.3) is 5.69 Å². The Morgan fingerprint density at radius 2 is 1.96 bits per heavy atom. The Morgan fingerprint density at radius 1 is 1.16 bits per heavy atom. The van der Waals surface area contributed by atoms with Crippen LogP contribution in [0.3, 0.4) is 0 Å². The first-order chi connectivity index (χ1) is 12.1. The van der Waals surface area contributed by atoms with Crippen LogP contribution in [-0.2, 0) is 12.8 Å². The molecule has 4 nitrogen and oxygen atoms in total. The third-order valence-corrected chi connectivity index (χ3v) is 4.77. The number of halogens is 2. The lowest BCUT2D eigenvalue weighted by atomic mass is 10.1. The first kappa shape index (κ1) is 16.3. The van der Waals surface area contributed by atoms with Gasteiger partial charge in [-0.15, -0.1) is 0 Å². The van der Waals surface area contributed by atoms with E-state index in [1.807, 2.05) is 35.0 Å². The fraction of sp³-hybridized carbons (Fsp3) is 0.211. The van der Waals surface area contributed by atoms with Crippen LogP contribution < -0.4 is 10.1 Å². The van der Waals surface area contributed by atoms with E-state index >= 15 is 0 Å². The summed E-state index contributed by atoms with van der Waals surface area (Å²) >= 11 is 12.3. The molecule has 128 valence electrons. The minimum Gasteiger partial charge on any atom is -0.497 e. The number of hydrogen-bond donors (Lipinski definition) is 1. The maximum atomic E-state index is 6.16. The van der Waals surface area contributed by atoms with Gasteiger partial charge in [0, 0.05) is 28.6 Å². The van der Waals surface area contributed by atoms with Crippen LogP contribution in [0.2, 0.25) is 10.0 Å². The second kappa shape index (κ2) is 6.62. The van der Waals surface area contributed by atoms with Gasteiger partial charge in [-0.25, -0.2) is 4.68 Å². The third-order valence-electron chi connectivity index (χ3n) is 4.33. The Bertz CT molecular complexity index is 916. The topological polar surface area (TPSA) is 39.1 Å². The van der Waals surface area contributed by atoms with Crippen molar-refractivity contribution in [3.05, 3.63) is 69.3 Å². The van der Waals surface area contributed by atoms with Gasteiger partial charge in [0.2, 0.25) is 0 Å². The summed E-state index contributed by atoms with van der Waals surface area (Å²) in [7, 11) is 1.68. The molecule has 0 radical (unpaired) electrons. The molecule has 0 aliphatic carbocycles. The fourth-order valence-electron chi connectivity index (χ4n) is 3.21. The van der Waals surface area contributed by atoms with E-state index in [1.165, 1.54) is 11.1 Å². The quantitative estimate of drug-likeness (QED) is 0.717. The Balaban J connectivity index is 1.75. The van der Waals surface area contributed by atoms with Crippen LogP contribution in [0.1, 0.15) is 16.8 Å². The molecule has 25 heavy (non-hydrogen) atoms. The van der Waals surface area contributed by atoms with E-state index in [9.17, 15) is 0 Å². The fourth-order valence-corrected chi connectivity index (χ4v) is 3.73. The van der Waals surface area contributed by atoms with Gasteiger partial charge in [-0.2, -0.15) is 5.10 Å². The molecular weight excluding hydrogens is 357 g/mol. The maximum Gasteiger partial charge on any atom is 0.133 e. The number of rotatable bonds is 4. The summed E-state index contributed by atoms with van der Waals surface area (Å²) in [4.78, 5) is 0. The second-order valence-electron chi connectivity index (χ2n) is 6.02. The molecule has 0 spiro atoms. The van der Waals surface area contributed by atoms with Crippen LogP contribution in [0.4, 0.5) is 5.82 Å². The van der Waals surface area contributed by atoms with Crippen molar-refractivity contribution in [3.8, 4) is 11.4 Å². The number of nitrogens with one attached hydrogen (secondary N) is 1. The smallest absolute Gasteiger partial charge is 0.133 e. The van der Waals surface area contributed by atoms with E-state index in [0.717, 1.165) is 42.3 Å². The monoisotopic (exact) mass is 373 g/mol. The molecule has 0 bridgehead atoms. The Kier molecular flexibility index (Phi) is 4.32. The highest BCUT2D eigenvalue weighted by molar-refractivity contribution is 6.34. The van der Waals surface area contributed by atoms with Crippen molar-refractivity contribution < 1.29 is 4.74 Å². The molecule has 1 N–H and O–H groups in total.